The van der Waals surface area contributed by atoms with E-state index in [1.165, 1.54) is 10.9 Å². The topological polar surface area (TPSA) is 43.8 Å². The predicted octanol–water partition coefficient (Wildman–Crippen LogP) is 12.4. The zero-order valence-electron chi connectivity index (χ0n) is 28.5. The van der Waals surface area contributed by atoms with Gasteiger partial charge in [0.05, 0.1) is 34.8 Å². The van der Waals surface area contributed by atoms with E-state index in [1.807, 2.05) is 24.5 Å². The molecule has 5 nitrogen and oxygen atoms in total. The van der Waals surface area contributed by atoms with Crippen molar-refractivity contribution >= 4 is 54.6 Å². The van der Waals surface area contributed by atoms with Crippen molar-refractivity contribution < 1.29 is 4.74 Å². The second-order valence-electron chi connectivity index (χ2n) is 13.5. The number of pyridine rings is 2. The molecule has 0 saturated carbocycles. The van der Waals surface area contributed by atoms with Crippen LogP contribution in [0.2, 0.25) is 0 Å². The Balaban J connectivity index is 1.09. The molecule has 0 fully saturated rings. The molecule has 11 aromatic rings. The lowest BCUT2D eigenvalue weighted by molar-refractivity contribution is 0.484. The number of ether oxygens (including phenoxy) is 1. The van der Waals surface area contributed by atoms with Gasteiger partial charge in [0.2, 0.25) is 0 Å². The average Bonchev–Trinajstić information content (AvgIpc) is 3.89. The third-order valence-electron chi connectivity index (χ3n) is 10.4. The first-order valence-corrected chi connectivity index (χ1v) is 17.8. The Kier molecular flexibility index (Phi) is 6.48. The molecular weight excluding hydrogens is 649 g/mol. The smallest absolute Gasteiger partial charge is 0.145 e. The van der Waals surface area contributed by atoms with Gasteiger partial charge in [-0.3, -0.25) is 8.80 Å². The molecule has 0 atom stereocenters. The van der Waals surface area contributed by atoms with Crippen molar-refractivity contribution in [1.82, 2.24) is 18.8 Å². The van der Waals surface area contributed by atoms with Crippen LogP contribution in [0.3, 0.4) is 0 Å². The molecule has 4 aromatic heterocycles. The fourth-order valence-electron chi connectivity index (χ4n) is 8.00. The maximum Gasteiger partial charge on any atom is 0.145 e. The molecule has 4 heterocycles. The lowest BCUT2D eigenvalue weighted by atomic mass is 10.00. The van der Waals surface area contributed by atoms with Crippen molar-refractivity contribution in [2.45, 2.75) is 0 Å². The Morgan fingerprint density at radius 3 is 1.40 bits per heavy atom. The number of rotatable bonds is 5. The van der Waals surface area contributed by atoms with Crippen LogP contribution in [0.15, 0.2) is 182 Å². The molecule has 0 radical (unpaired) electrons. The number of imidazole rings is 2. The van der Waals surface area contributed by atoms with Gasteiger partial charge in [0.1, 0.15) is 22.8 Å². The third-order valence-corrected chi connectivity index (χ3v) is 10.4. The molecule has 0 N–H and O–H groups in total. The molecule has 7 aromatic carbocycles. The highest BCUT2D eigenvalue weighted by atomic mass is 16.5. The normalized spacial score (nSPS) is 11.8. The summed E-state index contributed by atoms with van der Waals surface area (Å²) in [5.74, 6) is 1.49. The Morgan fingerprint density at radius 2 is 0.811 bits per heavy atom. The number of benzene rings is 7. The summed E-state index contributed by atoms with van der Waals surface area (Å²) in [7, 11) is 0. The fraction of sp³-hybridized carbons (Fsp3) is 0. The van der Waals surface area contributed by atoms with E-state index in [1.54, 1.807) is 0 Å². The van der Waals surface area contributed by atoms with Crippen molar-refractivity contribution in [3.05, 3.63) is 182 Å². The van der Waals surface area contributed by atoms with Gasteiger partial charge in [-0.05, 0) is 70.4 Å². The number of para-hydroxylation sites is 1. The summed E-state index contributed by atoms with van der Waals surface area (Å²) in [6.07, 6.45) is 3.96. The average molecular weight is 679 g/mol. The van der Waals surface area contributed by atoms with Crippen LogP contribution in [0.4, 0.5) is 0 Å². The van der Waals surface area contributed by atoms with E-state index >= 15 is 0 Å². The van der Waals surface area contributed by atoms with Gasteiger partial charge in [-0.2, -0.15) is 0 Å². The highest BCUT2D eigenvalue weighted by Gasteiger charge is 2.18. The van der Waals surface area contributed by atoms with Gasteiger partial charge in [0.25, 0.3) is 0 Å². The molecule has 0 unspecified atom stereocenters. The molecule has 248 valence electrons. The molecule has 11 rings (SSSR count). The van der Waals surface area contributed by atoms with Crippen molar-refractivity contribution in [2.75, 3.05) is 0 Å². The fourth-order valence-corrected chi connectivity index (χ4v) is 8.00. The Hall–Kier alpha value is -7.24. The first-order valence-electron chi connectivity index (χ1n) is 17.8. The maximum absolute atomic E-state index is 6.70. The molecule has 53 heavy (non-hydrogen) atoms. The monoisotopic (exact) mass is 678 g/mol. The number of aromatic nitrogens is 4. The summed E-state index contributed by atoms with van der Waals surface area (Å²) in [5.41, 5.74) is 10.7. The van der Waals surface area contributed by atoms with E-state index < -0.39 is 0 Å². The van der Waals surface area contributed by atoms with Gasteiger partial charge in [0.15, 0.2) is 0 Å². The summed E-state index contributed by atoms with van der Waals surface area (Å²) in [5, 5.41) is 6.65. The van der Waals surface area contributed by atoms with Crippen LogP contribution in [0.25, 0.3) is 88.3 Å². The quantitative estimate of drug-likeness (QED) is 0.170. The highest BCUT2D eigenvalue weighted by molar-refractivity contribution is 6.14. The summed E-state index contributed by atoms with van der Waals surface area (Å²) in [6.45, 7) is 0. The Bertz CT molecular complexity index is 3180. The number of hydrogen-bond acceptors (Lipinski definition) is 3. The van der Waals surface area contributed by atoms with Crippen LogP contribution in [0.1, 0.15) is 0 Å². The molecule has 0 saturated heterocycles. The van der Waals surface area contributed by atoms with Crippen molar-refractivity contribution in [3.8, 4) is 45.1 Å². The van der Waals surface area contributed by atoms with Gasteiger partial charge in [-0.25, -0.2) is 9.97 Å². The number of nitrogens with zero attached hydrogens (tertiary/aromatic N) is 4. The van der Waals surface area contributed by atoms with Gasteiger partial charge in [-0.1, -0.05) is 121 Å². The van der Waals surface area contributed by atoms with Crippen molar-refractivity contribution in [1.29, 1.82) is 0 Å². The molecule has 0 amide bonds. The van der Waals surface area contributed by atoms with Crippen molar-refractivity contribution in [2.24, 2.45) is 0 Å². The molecule has 0 aliphatic heterocycles. The first-order chi connectivity index (χ1) is 26.3. The van der Waals surface area contributed by atoms with Crippen LogP contribution in [0, 0.1) is 0 Å². The van der Waals surface area contributed by atoms with E-state index in [2.05, 4.69) is 167 Å². The van der Waals surface area contributed by atoms with E-state index in [0.717, 1.165) is 88.8 Å². The molecule has 0 bridgehead atoms. The minimum Gasteiger partial charge on any atom is -0.457 e. The molecule has 0 aliphatic rings. The minimum atomic E-state index is 0.744. The van der Waals surface area contributed by atoms with Crippen LogP contribution >= 0.6 is 0 Å². The van der Waals surface area contributed by atoms with Gasteiger partial charge in [-0.15, -0.1) is 0 Å². The number of hydrogen-bond donors (Lipinski definition) is 0. The van der Waals surface area contributed by atoms with Gasteiger partial charge in [0, 0.05) is 32.7 Å². The largest absolute Gasteiger partial charge is 0.457 e. The lowest BCUT2D eigenvalue weighted by Crippen LogP contribution is -1.95. The SMILES string of the molecule is c1ccc(-c2ccc3c4ccc(Oc5ccc6c7ccccc7n7c(-c8ccccc8)cnc7c6c5)cc4c4ncc(-c5ccccc5)n4c3c2)cc1. The molecule has 0 spiro atoms. The summed E-state index contributed by atoms with van der Waals surface area (Å²) in [6, 6.07) is 59.4. The second kappa shape index (κ2) is 11.7. The van der Waals surface area contributed by atoms with E-state index in [-0.39, 0.29) is 0 Å². The standard InChI is InChI=1S/C48H30N4O/c1-4-12-31(13-5-1)34-20-23-40-38-25-22-36(28-42(38)48-50-30-46(52(48)44(40)26-34)33-16-8-3-9-17-33)53-35-21-24-37-39-18-10-11-19-43(39)51-45(32-14-6-2-7-15-32)29-49-47(51)41(37)27-35/h1-30H. The third kappa shape index (κ3) is 4.64. The Morgan fingerprint density at radius 1 is 0.340 bits per heavy atom. The van der Waals surface area contributed by atoms with E-state index in [9.17, 15) is 0 Å². The molecule has 5 heteroatoms. The van der Waals surface area contributed by atoms with E-state index in [4.69, 9.17) is 14.7 Å². The maximum atomic E-state index is 6.70. The van der Waals surface area contributed by atoms with E-state index in [0.29, 0.717) is 0 Å². The van der Waals surface area contributed by atoms with Crippen LogP contribution in [-0.2, 0) is 0 Å². The highest BCUT2D eigenvalue weighted by Crippen LogP contribution is 2.39. The second-order valence-corrected chi connectivity index (χ2v) is 13.5. The van der Waals surface area contributed by atoms with Crippen LogP contribution < -0.4 is 4.74 Å². The zero-order chi connectivity index (χ0) is 34.9. The zero-order valence-corrected chi connectivity index (χ0v) is 28.5. The number of fused-ring (bicyclic) bond motifs is 12. The Labute approximate surface area is 304 Å². The van der Waals surface area contributed by atoms with Crippen LogP contribution in [-0.4, -0.2) is 18.8 Å². The first kappa shape index (κ1) is 29.5. The molecular formula is C48H30N4O. The van der Waals surface area contributed by atoms with Crippen LogP contribution in [0.5, 0.6) is 11.5 Å². The van der Waals surface area contributed by atoms with Gasteiger partial charge < -0.3 is 4.74 Å². The minimum absolute atomic E-state index is 0.744. The molecule has 0 aliphatic carbocycles. The summed E-state index contributed by atoms with van der Waals surface area (Å²) in [4.78, 5) is 10.0. The summed E-state index contributed by atoms with van der Waals surface area (Å²) >= 11 is 0. The van der Waals surface area contributed by atoms with Crippen molar-refractivity contribution in [3.63, 3.8) is 0 Å². The van der Waals surface area contributed by atoms with Gasteiger partial charge >= 0.3 is 0 Å². The predicted molar refractivity (Wildman–Crippen MR) is 217 cm³/mol. The summed E-state index contributed by atoms with van der Waals surface area (Å²) < 4.78 is 11.3. The lowest BCUT2D eigenvalue weighted by Gasteiger charge is -2.15.